The Bertz CT molecular complexity index is 1500. The number of hydrogen-bond acceptors (Lipinski definition) is 7. The number of amides is 2. The first-order chi connectivity index (χ1) is 19.7. The predicted molar refractivity (Wildman–Crippen MR) is 169 cm³/mol. The van der Waals surface area contributed by atoms with Crippen LogP contribution in [0.4, 0.5) is 21.9 Å². The van der Waals surface area contributed by atoms with Crippen LogP contribution in [0.2, 0.25) is 0 Å². The van der Waals surface area contributed by atoms with Crippen molar-refractivity contribution in [3.05, 3.63) is 82.9 Å². The van der Waals surface area contributed by atoms with E-state index in [0.29, 0.717) is 17.3 Å². The zero-order valence-corrected chi connectivity index (χ0v) is 25.7. The van der Waals surface area contributed by atoms with Crippen LogP contribution in [0.15, 0.2) is 71.5 Å². The summed E-state index contributed by atoms with van der Waals surface area (Å²) < 4.78 is 7.10. The number of pyridine rings is 1. The van der Waals surface area contributed by atoms with E-state index in [9.17, 15) is 4.79 Å². The van der Waals surface area contributed by atoms with Gasteiger partial charge in [0, 0.05) is 42.6 Å². The Hall–Kier alpha value is -4.02. The highest BCUT2D eigenvalue weighted by molar-refractivity contribution is 9.10. The zero-order valence-electron chi connectivity index (χ0n) is 24.1. The fourth-order valence-corrected chi connectivity index (χ4v) is 4.66. The molecule has 4 rings (SSSR count). The Morgan fingerprint density at radius 1 is 0.976 bits per heavy atom. The molecular formula is C31H36BrN7O2. The normalized spacial score (nSPS) is 10.9. The summed E-state index contributed by atoms with van der Waals surface area (Å²) >= 11 is 3.52. The van der Waals surface area contributed by atoms with E-state index in [1.807, 2.05) is 69.4 Å². The molecule has 2 amide bonds. The monoisotopic (exact) mass is 617 g/mol. The lowest BCUT2D eigenvalue weighted by Gasteiger charge is -2.24. The average Bonchev–Trinajstić information content (AvgIpc) is 2.94. The van der Waals surface area contributed by atoms with Gasteiger partial charge in [0.15, 0.2) is 0 Å². The van der Waals surface area contributed by atoms with Gasteiger partial charge in [-0.15, -0.1) is 0 Å². The SMILES string of the molecule is CCc1nccc(-c2cccnc2Oc2ccc(NC(=O)Nc3cc(Br)ccc3N(C)CCCN(C)C)cc2C)n1. The van der Waals surface area contributed by atoms with E-state index in [4.69, 9.17) is 4.74 Å². The van der Waals surface area contributed by atoms with Crippen LogP contribution in [0, 0.1) is 6.92 Å². The minimum Gasteiger partial charge on any atom is -0.438 e. The summed E-state index contributed by atoms with van der Waals surface area (Å²) in [5.41, 5.74) is 4.69. The van der Waals surface area contributed by atoms with Crippen molar-refractivity contribution >= 4 is 39.0 Å². The molecule has 214 valence electrons. The maximum Gasteiger partial charge on any atom is 0.323 e. The summed E-state index contributed by atoms with van der Waals surface area (Å²) in [7, 11) is 6.16. The van der Waals surface area contributed by atoms with Crippen LogP contribution in [-0.2, 0) is 6.42 Å². The summed E-state index contributed by atoms with van der Waals surface area (Å²) in [6, 6.07) is 16.7. The van der Waals surface area contributed by atoms with Gasteiger partial charge in [0.2, 0.25) is 5.88 Å². The van der Waals surface area contributed by atoms with Gasteiger partial charge in [0.25, 0.3) is 0 Å². The van der Waals surface area contributed by atoms with Gasteiger partial charge in [-0.2, -0.15) is 0 Å². The Kier molecular flexibility index (Phi) is 10.3. The standard InChI is InChI=1S/C31H36BrN7O2/c1-6-29-33-16-14-25(36-29)24-9-7-15-34-30(24)41-28-13-11-23(19-21(28)2)35-31(40)37-26-20-22(32)10-12-27(26)39(5)18-8-17-38(3)4/h7,9-16,19-20H,6,8,17-18H2,1-5H3,(H2,35,37,40). The molecule has 9 nitrogen and oxygen atoms in total. The third kappa shape index (κ3) is 8.25. The number of aromatic nitrogens is 3. The van der Waals surface area contributed by atoms with E-state index < -0.39 is 0 Å². The number of carbonyl (C=O) groups is 1. The lowest BCUT2D eigenvalue weighted by molar-refractivity contribution is 0.262. The van der Waals surface area contributed by atoms with Gasteiger partial charge in [0.05, 0.1) is 22.6 Å². The Morgan fingerprint density at radius 3 is 2.56 bits per heavy atom. The van der Waals surface area contributed by atoms with Crippen molar-refractivity contribution in [3.8, 4) is 22.9 Å². The van der Waals surface area contributed by atoms with Crippen LogP contribution in [0.5, 0.6) is 11.6 Å². The molecular weight excluding hydrogens is 582 g/mol. The van der Waals surface area contributed by atoms with Crippen LogP contribution in [0.3, 0.4) is 0 Å². The van der Waals surface area contributed by atoms with Gasteiger partial charge >= 0.3 is 6.03 Å². The number of urea groups is 1. The second-order valence-corrected chi connectivity index (χ2v) is 10.9. The molecule has 41 heavy (non-hydrogen) atoms. The van der Waals surface area contributed by atoms with E-state index >= 15 is 0 Å². The van der Waals surface area contributed by atoms with E-state index in [-0.39, 0.29) is 6.03 Å². The second-order valence-electron chi connectivity index (χ2n) is 9.97. The number of aryl methyl sites for hydroxylation is 2. The highest BCUT2D eigenvalue weighted by Crippen LogP contribution is 2.33. The summed E-state index contributed by atoms with van der Waals surface area (Å²) in [5.74, 6) is 1.84. The van der Waals surface area contributed by atoms with E-state index in [2.05, 4.69) is 65.4 Å². The Balaban J connectivity index is 1.45. The van der Waals surface area contributed by atoms with Crippen molar-refractivity contribution in [2.75, 3.05) is 49.8 Å². The summed E-state index contributed by atoms with van der Waals surface area (Å²) in [4.78, 5) is 30.7. The van der Waals surface area contributed by atoms with Crippen molar-refractivity contribution < 1.29 is 9.53 Å². The number of nitrogens with zero attached hydrogens (tertiary/aromatic N) is 5. The molecule has 0 fully saturated rings. The van der Waals surface area contributed by atoms with Gasteiger partial charge in [-0.1, -0.05) is 22.9 Å². The van der Waals surface area contributed by atoms with E-state index in [0.717, 1.165) is 64.4 Å². The average molecular weight is 619 g/mol. The molecule has 2 heterocycles. The third-order valence-electron chi connectivity index (χ3n) is 6.43. The number of benzene rings is 2. The fourth-order valence-electron chi connectivity index (χ4n) is 4.30. The number of halogens is 1. The molecule has 0 spiro atoms. The van der Waals surface area contributed by atoms with Crippen LogP contribution in [0.1, 0.15) is 24.7 Å². The van der Waals surface area contributed by atoms with Crippen molar-refractivity contribution in [1.29, 1.82) is 0 Å². The van der Waals surface area contributed by atoms with Gasteiger partial charge in [-0.3, -0.25) is 0 Å². The number of rotatable bonds is 11. The van der Waals surface area contributed by atoms with Gasteiger partial charge in [-0.25, -0.2) is 19.7 Å². The fraction of sp³-hybridized carbons (Fsp3) is 0.290. The predicted octanol–water partition coefficient (Wildman–Crippen LogP) is 7.00. The second kappa shape index (κ2) is 14.0. The Morgan fingerprint density at radius 2 is 1.80 bits per heavy atom. The summed E-state index contributed by atoms with van der Waals surface area (Å²) in [5, 5.41) is 5.94. The molecule has 0 saturated heterocycles. The molecule has 4 aromatic rings. The van der Waals surface area contributed by atoms with Crippen LogP contribution in [-0.4, -0.2) is 60.1 Å². The Labute approximate surface area is 250 Å². The molecule has 0 atom stereocenters. The molecule has 0 aliphatic carbocycles. The molecule has 0 bridgehead atoms. The number of ether oxygens (including phenoxy) is 1. The molecule has 2 N–H and O–H groups in total. The molecule has 0 aliphatic heterocycles. The largest absolute Gasteiger partial charge is 0.438 e. The molecule has 0 unspecified atom stereocenters. The molecule has 10 heteroatoms. The lowest BCUT2D eigenvalue weighted by Crippen LogP contribution is -2.26. The molecule has 2 aromatic heterocycles. The van der Waals surface area contributed by atoms with Crippen LogP contribution in [0.25, 0.3) is 11.3 Å². The summed E-state index contributed by atoms with van der Waals surface area (Å²) in [6.45, 7) is 5.80. The number of carbonyl (C=O) groups excluding carboxylic acids is 1. The van der Waals surface area contributed by atoms with Crippen molar-refractivity contribution in [2.24, 2.45) is 0 Å². The number of hydrogen-bond donors (Lipinski definition) is 2. The van der Waals surface area contributed by atoms with Crippen LogP contribution >= 0.6 is 15.9 Å². The van der Waals surface area contributed by atoms with Crippen molar-refractivity contribution in [3.63, 3.8) is 0 Å². The quantitative estimate of drug-likeness (QED) is 0.187. The van der Waals surface area contributed by atoms with Gasteiger partial charge in [-0.05, 0) is 94.1 Å². The molecule has 0 radical (unpaired) electrons. The minimum absolute atomic E-state index is 0.332. The highest BCUT2D eigenvalue weighted by Gasteiger charge is 2.14. The van der Waals surface area contributed by atoms with Crippen LogP contribution < -0.4 is 20.3 Å². The highest BCUT2D eigenvalue weighted by atomic mass is 79.9. The van der Waals surface area contributed by atoms with Crippen molar-refractivity contribution in [1.82, 2.24) is 19.9 Å². The lowest BCUT2D eigenvalue weighted by atomic mass is 10.1. The first-order valence-electron chi connectivity index (χ1n) is 13.5. The maximum atomic E-state index is 13.0. The summed E-state index contributed by atoms with van der Waals surface area (Å²) in [6.07, 6.45) is 5.18. The zero-order chi connectivity index (χ0) is 29.4. The van der Waals surface area contributed by atoms with Gasteiger partial charge in [0.1, 0.15) is 11.6 Å². The van der Waals surface area contributed by atoms with E-state index in [1.54, 1.807) is 18.5 Å². The molecule has 0 aliphatic rings. The van der Waals surface area contributed by atoms with Crippen molar-refractivity contribution in [2.45, 2.75) is 26.7 Å². The molecule has 2 aromatic carbocycles. The first kappa shape index (κ1) is 30.0. The van der Waals surface area contributed by atoms with E-state index in [1.165, 1.54) is 0 Å². The van der Waals surface area contributed by atoms with Gasteiger partial charge < -0.3 is 25.2 Å². The smallest absolute Gasteiger partial charge is 0.323 e. The topological polar surface area (TPSA) is 95.5 Å². The maximum absolute atomic E-state index is 13.0. The first-order valence-corrected chi connectivity index (χ1v) is 14.3. The third-order valence-corrected chi connectivity index (χ3v) is 6.92. The minimum atomic E-state index is -0.332. The molecule has 0 saturated carbocycles. The number of anilines is 3. The number of nitrogens with one attached hydrogen (secondary N) is 2.